The van der Waals surface area contributed by atoms with Crippen molar-refractivity contribution in [1.29, 1.82) is 0 Å². The van der Waals surface area contributed by atoms with Gasteiger partial charge in [0, 0.05) is 0 Å². The molecule has 0 atom stereocenters. The molecule has 0 aromatic heterocycles. The molecule has 0 saturated carbocycles. The van der Waals surface area contributed by atoms with Gasteiger partial charge >= 0.3 is 0 Å². The number of alkyl halides is 1. The number of hydrogen-bond acceptors (Lipinski definition) is 0. The monoisotopic (exact) mass is 190 g/mol. The summed E-state index contributed by atoms with van der Waals surface area (Å²) >= 11 is 0. The predicted octanol–water partition coefficient (Wildman–Crippen LogP) is 3.81. The van der Waals surface area contributed by atoms with Gasteiger partial charge in [0.05, 0.1) is 0 Å². The molecule has 12 heavy (non-hydrogen) atoms. The minimum Gasteiger partial charge on any atom is -0.247 e. The van der Waals surface area contributed by atoms with Crippen LogP contribution in [0.15, 0.2) is 12.2 Å². The Morgan fingerprint density at radius 3 is 1.92 bits per heavy atom. The third kappa shape index (κ3) is 4.87. The highest BCUT2D eigenvalue weighted by Crippen LogP contribution is 2.45. The fraction of sp³-hybridized carbons (Fsp3) is 0.800. The van der Waals surface area contributed by atoms with Gasteiger partial charge in [-0.2, -0.15) is 0 Å². The van der Waals surface area contributed by atoms with Gasteiger partial charge in [-0.25, -0.2) is 4.39 Å². The summed E-state index contributed by atoms with van der Waals surface area (Å²) < 4.78 is 11.8. The normalized spacial score (nSPS) is 12.7. The molecule has 0 N–H and O–H groups in total. The van der Waals surface area contributed by atoms with Gasteiger partial charge in [-0.1, -0.05) is 47.8 Å². The van der Waals surface area contributed by atoms with Gasteiger partial charge < -0.3 is 0 Å². The summed E-state index contributed by atoms with van der Waals surface area (Å²) in [5, 5.41) is 0. The molecule has 0 rings (SSSR count). The maximum Gasteiger partial charge on any atom is 0.108 e. The zero-order chi connectivity index (χ0) is 9.56. The molecule has 0 amide bonds. The van der Waals surface area contributed by atoms with E-state index in [9.17, 15) is 4.39 Å². The Bertz CT molecular complexity index is 122. The average Bonchev–Trinajstić information content (AvgIpc) is 1.96. The van der Waals surface area contributed by atoms with Crippen molar-refractivity contribution in [1.82, 2.24) is 0 Å². The zero-order valence-corrected chi connectivity index (χ0v) is 9.44. The van der Waals surface area contributed by atoms with Crippen LogP contribution in [-0.4, -0.2) is 24.2 Å². The molecule has 0 heterocycles. The molecular weight excluding hydrogens is 170 g/mol. The first kappa shape index (κ1) is 12.1. The molecule has 0 saturated heterocycles. The maximum atomic E-state index is 11.8. The van der Waals surface area contributed by atoms with Gasteiger partial charge in [0.1, 0.15) is 6.67 Å². The van der Waals surface area contributed by atoms with Gasteiger partial charge in [0.25, 0.3) is 0 Å². The van der Waals surface area contributed by atoms with E-state index < -0.39 is 0 Å². The fourth-order valence-corrected chi connectivity index (χ4v) is 3.71. The molecular formula is C10H20FP. The van der Waals surface area contributed by atoms with Crippen molar-refractivity contribution in [3.8, 4) is 0 Å². The predicted molar refractivity (Wildman–Crippen MR) is 57.2 cm³/mol. The Labute approximate surface area is 77.0 Å². The highest BCUT2D eigenvalue weighted by atomic mass is 31.1. The number of allylic oxidation sites excluding steroid dienone is 2. The summed E-state index contributed by atoms with van der Waals surface area (Å²) in [6, 6.07) is 0. The second-order valence-corrected chi connectivity index (χ2v) is 6.97. The van der Waals surface area contributed by atoms with Gasteiger partial charge in [-0.05, 0) is 17.5 Å². The topological polar surface area (TPSA) is 0 Å². The fourth-order valence-electron chi connectivity index (χ4n) is 1.28. The SMILES string of the molecule is CC(C)P(CC=CCF)C(C)C. The van der Waals surface area contributed by atoms with Crippen molar-refractivity contribution in [3.63, 3.8) is 0 Å². The number of rotatable bonds is 5. The smallest absolute Gasteiger partial charge is 0.108 e. The van der Waals surface area contributed by atoms with Crippen LogP contribution in [0.1, 0.15) is 27.7 Å². The third-order valence-electron chi connectivity index (χ3n) is 1.90. The lowest BCUT2D eigenvalue weighted by molar-refractivity contribution is 0.561. The van der Waals surface area contributed by atoms with Crippen LogP contribution < -0.4 is 0 Å². The van der Waals surface area contributed by atoms with Gasteiger partial charge in [0.15, 0.2) is 0 Å². The van der Waals surface area contributed by atoms with Crippen LogP contribution in [0.2, 0.25) is 0 Å². The van der Waals surface area contributed by atoms with Crippen molar-refractivity contribution in [2.75, 3.05) is 12.8 Å². The summed E-state index contributed by atoms with van der Waals surface area (Å²) in [5.74, 6) is 0. The third-order valence-corrected chi connectivity index (χ3v) is 5.18. The number of halogens is 1. The standard InChI is InChI=1S/C10H20FP/c1-9(2)12(10(3)4)8-6-5-7-11/h5-6,9-10H,7-8H2,1-4H3. The molecule has 0 unspecified atom stereocenters. The largest absolute Gasteiger partial charge is 0.247 e. The second kappa shape index (κ2) is 6.60. The average molecular weight is 190 g/mol. The molecule has 0 aromatic carbocycles. The van der Waals surface area contributed by atoms with Crippen molar-refractivity contribution in [2.24, 2.45) is 0 Å². The Morgan fingerprint density at radius 1 is 1.08 bits per heavy atom. The first-order valence-corrected chi connectivity index (χ1v) is 6.22. The maximum absolute atomic E-state index is 11.8. The van der Waals surface area contributed by atoms with E-state index in [0.29, 0.717) is 0 Å². The Morgan fingerprint density at radius 2 is 1.58 bits per heavy atom. The van der Waals surface area contributed by atoms with Gasteiger partial charge in [-0.3, -0.25) is 0 Å². The number of hydrogen-bond donors (Lipinski definition) is 0. The second-order valence-electron chi connectivity index (χ2n) is 3.51. The van der Waals surface area contributed by atoms with Crippen molar-refractivity contribution in [3.05, 3.63) is 12.2 Å². The van der Waals surface area contributed by atoms with E-state index in [1.807, 2.05) is 6.08 Å². The van der Waals surface area contributed by atoms with Crippen LogP contribution in [0, 0.1) is 0 Å². The Balaban J connectivity index is 3.88. The van der Waals surface area contributed by atoms with Crippen molar-refractivity contribution < 1.29 is 4.39 Å². The summed E-state index contributed by atoms with van der Waals surface area (Å²) in [6.07, 6.45) is 4.69. The first-order valence-electron chi connectivity index (χ1n) is 4.56. The van der Waals surface area contributed by atoms with Crippen molar-refractivity contribution in [2.45, 2.75) is 39.0 Å². The lowest BCUT2D eigenvalue weighted by Gasteiger charge is -2.24. The van der Waals surface area contributed by atoms with Crippen LogP contribution in [-0.2, 0) is 0 Å². The van der Waals surface area contributed by atoms with Crippen LogP contribution in [0.4, 0.5) is 4.39 Å². The van der Waals surface area contributed by atoms with E-state index in [4.69, 9.17) is 0 Å². The molecule has 0 nitrogen and oxygen atoms in total. The van der Waals surface area contributed by atoms with Crippen LogP contribution in [0.5, 0.6) is 0 Å². The van der Waals surface area contributed by atoms with Crippen molar-refractivity contribution >= 4 is 7.92 Å². The van der Waals surface area contributed by atoms with Crippen LogP contribution in [0.25, 0.3) is 0 Å². The van der Waals surface area contributed by atoms with E-state index in [-0.39, 0.29) is 14.6 Å². The molecule has 0 aliphatic rings. The summed E-state index contributed by atoms with van der Waals surface area (Å²) in [7, 11) is 0.0563. The van der Waals surface area contributed by atoms with E-state index in [1.54, 1.807) is 6.08 Å². The highest BCUT2D eigenvalue weighted by molar-refractivity contribution is 7.59. The minimum absolute atomic E-state index is 0.0563. The minimum atomic E-state index is -0.320. The molecule has 0 radical (unpaired) electrons. The van der Waals surface area contributed by atoms with Crippen LogP contribution >= 0.6 is 7.92 Å². The molecule has 0 bridgehead atoms. The molecule has 0 spiro atoms. The molecule has 72 valence electrons. The summed E-state index contributed by atoms with van der Waals surface area (Å²) in [5.41, 5.74) is 1.51. The zero-order valence-electron chi connectivity index (χ0n) is 8.55. The van der Waals surface area contributed by atoms with Gasteiger partial charge in [-0.15, -0.1) is 0 Å². The first-order chi connectivity index (χ1) is 5.59. The van der Waals surface area contributed by atoms with E-state index >= 15 is 0 Å². The van der Waals surface area contributed by atoms with Crippen LogP contribution in [0.3, 0.4) is 0 Å². The Hall–Kier alpha value is 0.100. The molecule has 0 aliphatic heterocycles. The lowest BCUT2D eigenvalue weighted by atomic mass is 10.5. The molecule has 0 fully saturated rings. The molecule has 2 heteroatoms. The quantitative estimate of drug-likeness (QED) is 0.457. The van der Waals surface area contributed by atoms with Gasteiger partial charge in [0.2, 0.25) is 0 Å². The summed E-state index contributed by atoms with van der Waals surface area (Å²) in [6.45, 7) is 8.72. The molecule has 0 aromatic rings. The summed E-state index contributed by atoms with van der Waals surface area (Å²) in [4.78, 5) is 0. The van der Waals surface area contributed by atoms with E-state index in [0.717, 1.165) is 17.5 Å². The highest BCUT2D eigenvalue weighted by Gasteiger charge is 2.14. The Kier molecular flexibility index (Phi) is 6.65. The van der Waals surface area contributed by atoms with E-state index in [2.05, 4.69) is 27.7 Å². The molecule has 0 aliphatic carbocycles. The lowest BCUT2D eigenvalue weighted by Crippen LogP contribution is -2.05. The van der Waals surface area contributed by atoms with E-state index in [1.165, 1.54) is 0 Å².